The predicted octanol–water partition coefficient (Wildman–Crippen LogP) is 2.61. The number of phenols is 1. The van der Waals surface area contributed by atoms with Crippen LogP contribution in [0.5, 0.6) is 11.5 Å². The highest BCUT2D eigenvalue weighted by molar-refractivity contribution is 6.21. The lowest BCUT2D eigenvalue weighted by Crippen LogP contribution is -2.60. The summed E-state index contributed by atoms with van der Waals surface area (Å²) in [5.41, 5.74) is -4.31. The van der Waals surface area contributed by atoms with Gasteiger partial charge in [-0.2, -0.15) is 0 Å². The van der Waals surface area contributed by atoms with Crippen LogP contribution in [0.25, 0.3) is 5.57 Å². The number of phenolic OH excluding ortho intramolecular Hbond substituents is 1. The molecule has 0 aromatic heterocycles. The Hall–Kier alpha value is -4.80. The van der Waals surface area contributed by atoms with Crippen LogP contribution in [0.3, 0.4) is 0 Å². The summed E-state index contributed by atoms with van der Waals surface area (Å²) in [6.07, 6.45) is -1.21. The number of amides is 1. The molecule has 1 aliphatic carbocycles. The van der Waals surface area contributed by atoms with E-state index in [-0.39, 0.29) is 61.9 Å². The van der Waals surface area contributed by atoms with Gasteiger partial charge in [-0.1, -0.05) is 26.0 Å². The first-order valence-electron chi connectivity index (χ1n) is 17.4. The first kappa shape index (κ1) is 40.4. The van der Waals surface area contributed by atoms with Gasteiger partial charge in [-0.3, -0.25) is 19.2 Å². The van der Waals surface area contributed by atoms with Crippen LogP contribution in [0.15, 0.2) is 52.5 Å². The standard InChI is InChI=1S/C39H47NO14/c1-15-11-10-12-38(8,49)35-20(6)29(44)25(37(48)54-35)28(43)19(5)34(46)39(9,50)13-16(2)31-24-22-23(27(42)18(4)32(24)52-14-51-31)30(45)26(40-36(15)47)17(3)33(22)53-21(7)41/h10-13,19-20,25,28-29,34-35,43-46,49-50H,14H2,1-9H3,(H,40,47)/b12-10?,15-11+,16-13?. The molecule has 7 aliphatic rings. The maximum Gasteiger partial charge on any atom is 0.314 e. The molecule has 15 nitrogen and oxygen atoms in total. The molecular weight excluding hydrogens is 706 g/mol. The minimum Gasteiger partial charge on any atom is -0.505 e. The minimum absolute atomic E-state index is 0.0103. The fourth-order valence-electron chi connectivity index (χ4n) is 7.59. The monoisotopic (exact) mass is 753 g/mol. The number of rotatable bonds is 1. The first-order valence-corrected chi connectivity index (χ1v) is 17.4. The van der Waals surface area contributed by atoms with Crippen LogP contribution >= 0.6 is 0 Å². The van der Waals surface area contributed by atoms with E-state index in [1.807, 2.05) is 0 Å². The number of hydrogen-bond donors (Lipinski definition) is 7. The molecule has 1 fully saturated rings. The van der Waals surface area contributed by atoms with E-state index >= 15 is 0 Å². The molecular formula is C39H47NO14. The number of benzene rings is 1. The van der Waals surface area contributed by atoms with Crippen molar-refractivity contribution in [3.63, 3.8) is 0 Å². The van der Waals surface area contributed by atoms with Gasteiger partial charge in [0.25, 0.3) is 5.91 Å². The Kier molecular flexibility index (Phi) is 10.8. The van der Waals surface area contributed by atoms with E-state index in [1.54, 1.807) is 0 Å². The SMILES string of the molecule is CC(=O)Oc1c(C)c2c(O)c3c1C1=C(OCOC1=C(C)C3=O)C(C)=CC(C)(O)C(O)C(C)C(O)C1C(=O)OC(C(C)C1O)C(C)(O)C=C/C=C(\C)C(=O)N2. The molecule has 9 unspecified atom stereocenters. The zero-order chi connectivity index (χ0) is 40.4. The molecule has 9 atom stereocenters. The summed E-state index contributed by atoms with van der Waals surface area (Å²) < 4.78 is 22.9. The number of anilines is 1. The fourth-order valence-corrected chi connectivity index (χ4v) is 7.59. The van der Waals surface area contributed by atoms with Gasteiger partial charge < -0.3 is 54.9 Å². The topological polar surface area (TPSA) is 239 Å². The van der Waals surface area contributed by atoms with E-state index in [1.165, 1.54) is 79.7 Å². The number of hydrogen-bond acceptors (Lipinski definition) is 14. The lowest BCUT2D eigenvalue weighted by molar-refractivity contribution is -0.211. The third-order valence-corrected chi connectivity index (χ3v) is 10.7. The van der Waals surface area contributed by atoms with Crippen LogP contribution < -0.4 is 10.1 Å². The first-order chi connectivity index (χ1) is 25.0. The Balaban J connectivity index is 1.80. The minimum atomic E-state index is -2.15. The second-order valence-electron chi connectivity index (χ2n) is 14.9. The van der Waals surface area contributed by atoms with E-state index in [4.69, 9.17) is 18.9 Å². The second-order valence-corrected chi connectivity index (χ2v) is 14.9. The van der Waals surface area contributed by atoms with Gasteiger partial charge in [-0.25, -0.2) is 0 Å². The Morgan fingerprint density at radius 3 is 2.15 bits per heavy atom. The molecule has 6 bridgehead atoms. The van der Waals surface area contributed by atoms with Crippen molar-refractivity contribution < 1.29 is 68.8 Å². The van der Waals surface area contributed by atoms with Crippen LogP contribution in [0.1, 0.15) is 76.9 Å². The van der Waals surface area contributed by atoms with Crippen molar-refractivity contribution in [3.05, 3.63) is 69.2 Å². The molecule has 1 aromatic carbocycles. The normalized spacial score (nSPS) is 34.3. The molecule has 8 rings (SSSR count). The van der Waals surface area contributed by atoms with Crippen molar-refractivity contribution in [2.24, 2.45) is 17.8 Å². The predicted molar refractivity (Wildman–Crippen MR) is 191 cm³/mol. The zero-order valence-electron chi connectivity index (χ0n) is 31.5. The number of nitrogens with one attached hydrogen (secondary N) is 1. The highest BCUT2D eigenvalue weighted by Crippen LogP contribution is 2.53. The van der Waals surface area contributed by atoms with Crippen LogP contribution in [0.4, 0.5) is 5.69 Å². The molecule has 6 heterocycles. The van der Waals surface area contributed by atoms with Crippen LogP contribution in [0, 0.1) is 24.7 Å². The third kappa shape index (κ3) is 6.86. The molecule has 1 amide bonds. The van der Waals surface area contributed by atoms with Crippen LogP contribution in [-0.4, -0.2) is 96.7 Å². The fraction of sp³-hybridized carbons (Fsp3) is 0.487. The zero-order valence-corrected chi connectivity index (χ0v) is 31.5. The average molecular weight is 754 g/mol. The van der Waals surface area contributed by atoms with Crippen LogP contribution in [-0.2, 0) is 28.6 Å². The third-order valence-electron chi connectivity index (χ3n) is 10.7. The maximum atomic E-state index is 13.9. The van der Waals surface area contributed by atoms with Crippen molar-refractivity contribution in [2.75, 3.05) is 12.1 Å². The van der Waals surface area contributed by atoms with Gasteiger partial charge in [-0.05, 0) is 59.3 Å². The molecule has 54 heavy (non-hydrogen) atoms. The van der Waals surface area contributed by atoms with E-state index in [9.17, 15) is 49.8 Å². The summed E-state index contributed by atoms with van der Waals surface area (Å²) in [7, 11) is 0. The number of aliphatic hydroxyl groups excluding tert-OH is 3. The number of carbonyl (C=O) groups is 4. The molecule has 15 heteroatoms. The van der Waals surface area contributed by atoms with Gasteiger partial charge in [0.1, 0.15) is 40.5 Å². The average Bonchev–Trinajstić information content (AvgIpc) is 3.09. The van der Waals surface area contributed by atoms with Gasteiger partial charge in [-0.15, -0.1) is 0 Å². The molecule has 6 aliphatic heterocycles. The number of aliphatic hydroxyl groups is 5. The summed E-state index contributed by atoms with van der Waals surface area (Å²) >= 11 is 0. The molecule has 292 valence electrons. The summed E-state index contributed by atoms with van der Waals surface area (Å²) in [5, 5.41) is 71.6. The number of esters is 2. The summed E-state index contributed by atoms with van der Waals surface area (Å²) in [4.78, 5) is 53.3. The Morgan fingerprint density at radius 1 is 0.907 bits per heavy atom. The Bertz CT molecular complexity index is 1960. The summed E-state index contributed by atoms with van der Waals surface area (Å²) in [5.74, 6) is -7.85. The number of carbonyl (C=O) groups excluding carboxylic acids is 4. The highest BCUT2D eigenvalue weighted by Gasteiger charge is 2.53. The van der Waals surface area contributed by atoms with Crippen molar-refractivity contribution in [3.8, 4) is 11.5 Å². The lowest BCUT2D eigenvalue weighted by Gasteiger charge is -2.45. The van der Waals surface area contributed by atoms with Gasteiger partial charge in [0.15, 0.2) is 11.5 Å². The Morgan fingerprint density at radius 2 is 1.52 bits per heavy atom. The molecule has 0 radical (unpaired) electrons. The van der Waals surface area contributed by atoms with Crippen molar-refractivity contribution in [1.82, 2.24) is 0 Å². The molecule has 0 spiro atoms. The van der Waals surface area contributed by atoms with Gasteiger partial charge in [0, 0.05) is 41.0 Å². The van der Waals surface area contributed by atoms with E-state index in [0.29, 0.717) is 0 Å². The van der Waals surface area contributed by atoms with Gasteiger partial charge in [0.2, 0.25) is 6.79 Å². The molecule has 7 N–H and O–H groups in total. The molecule has 0 saturated carbocycles. The quantitative estimate of drug-likeness (QED) is 0.124. The number of ketones is 1. The highest BCUT2D eigenvalue weighted by atomic mass is 16.7. The summed E-state index contributed by atoms with van der Waals surface area (Å²) in [6.45, 7) is 12.1. The van der Waals surface area contributed by atoms with Crippen molar-refractivity contribution >= 4 is 34.9 Å². The smallest absolute Gasteiger partial charge is 0.314 e. The van der Waals surface area contributed by atoms with Crippen LogP contribution in [0.2, 0.25) is 0 Å². The van der Waals surface area contributed by atoms with E-state index in [2.05, 4.69) is 5.32 Å². The molecule has 1 saturated heterocycles. The van der Waals surface area contributed by atoms with E-state index < -0.39 is 89.5 Å². The second kappa shape index (κ2) is 14.5. The number of allylic oxidation sites excluding steroid dienone is 5. The summed E-state index contributed by atoms with van der Waals surface area (Å²) in [6, 6.07) is 0. The largest absolute Gasteiger partial charge is 0.505 e. The maximum absolute atomic E-state index is 13.9. The van der Waals surface area contributed by atoms with Crippen molar-refractivity contribution in [2.45, 2.75) is 97.9 Å². The number of ether oxygens (including phenoxy) is 4. The Labute approximate surface area is 311 Å². The van der Waals surface area contributed by atoms with Gasteiger partial charge >= 0.3 is 11.9 Å². The van der Waals surface area contributed by atoms with Crippen molar-refractivity contribution in [1.29, 1.82) is 0 Å². The number of aromatic hydroxyl groups is 1. The lowest BCUT2D eigenvalue weighted by atomic mass is 9.73. The van der Waals surface area contributed by atoms with E-state index in [0.717, 1.165) is 6.92 Å². The molecule has 1 aromatic rings. The number of Topliss-reactive ketones (excluding diaryl/α,β-unsaturated/α-hetero) is 1. The van der Waals surface area contributed by atoms with Gasteiger partial charge in [0.05, 0.1) is 35.1 Å².